The number of esters is 2. The molecule has 2 atom stereocenters. The van der Waals surface area contributed by atoms with E-state index in [2.05, 4.69) is 38.2 Å². The van der Waals surface area contributed by atoms with Crippen molar-refractivity contribution in [2.75, 3.05) is 47.5 Å². The van der Waals surface area contributed by atoms with Gasteiger partial charge in [0.25, 0.3) is 7.82 Å². The van der Waals surface area contributed by atoms with Gasteiger partial charge >= 0.3 is 11.9 Å². The van der Waals surface area contributed by atoms with Crippen molar-refractivity contribution in [2.45, 2.75) is 180 Å². The number of hydrogen-bond acceptors (Lipinski definition) is 8. The standard InChI is InChI=1S/C41H78NO8P/c1-6-8-10-12-14-16-18-20-22-24-26-28-30-32-34-41(44)50-39(38-49-51(45,46)48-36-35-42(3,4)5)37-47-40(43)33-31-29-27-25-23-21-19-17-15-13-11-9-7-2/h18,20-21,23,39H,6-17,19,22,24-38H2,1-5H3/b20-18+,23-21+/t39-/m1/s1. The van der Waals surface area contributed by atoms with Crippen LogP contribution in [-0.4, -0.2) is 70.0 Å². The van der Waals surface area contributed by atoms with Gasteiger partial charge in [0.05, 0.1) is 27.7 Å². The summed E-state index contributed by atoms with van der Waals surface area (Å²) >= 11 is 0. The van der Waals surface area contributed by atoms with E-state index in [1.54, 1.807) is 0 Å². The Bertz CT molecular complexity index is 933. The second-order valence-electron chi connectivity index (χ2n) is 15.0. The molecule has 0 heterocycles. The molecule has 0 aliphatic heterocycles. The van der Waals surface area contributed by atoms with Gasteiger partial charge in [0.15, 0.2) is 6.10 Å². The summed E-state index contributed by atoms with van der Waals surface area (Å²) in [4.78, 5) is 37.4. The number of carbonyl (C=O) groups excluding carboxylic acids is 2. The normalized spacial score (nSPS) is 13.9. The Morgan fingerprint density at radius 1 is 0.588 bits per heavy atom. The number of likely N-dealkylation sites (N-methyl/N-ethyl adjacent to an activating group) is 1. The SMILES string of the molecule is CCCCCCC/C=C/CCCCCCCC(=O)O[C@H](COC(=O)CCCCC/C=C/CCCCCCCC)COP(=O)([O-])OCC[N+](C)(C)C. The smallest absolute Gasteiger partial charge is 0.306 e. The van der Waals surface area contributed by atoms with Crippen molar-refractivity contribution in [3.8, 4) is 0 Å². The highest BCUT2D eigenvalue weighted by Gasteiger charge is 2.21. The van der Waals surface area contributed by atoms with E-state index in [0.717, 1.165) is 57.8 Å². The monoisotopic (exact) mass is 744 g/mol. The number of phosphoric acid groups is 1. The molecule has 0 rings (SSSR count). The maximum Gasteiger partial charge on any atom is 0.306 e. The van der Waals surface area contributed by atoms with E-state index in [0.29, 0.717) is 23.9 Å². The molecule has 1 unspecified atom stereocenters. The fourth-order valence-electron chi connectivity index (χ4n) is 5.41. The quantitative estimate of drug-likeness (QED) is 0.0203. The van der Waals surface area contributed by atoms with Crippen molar-refractivity contribution in [1.29, 1.82) is 0 Å². The van der Waals surface area contributed by atoms with E-state index in [1.165, 1.54) is 77.0 Å². The van der Waals surface area contributed by atoms with E-state index in [1.807, 2.05) is 21.1 Å². The molecule has 10 heteroatoms. The maximum atomic E-state index is 12.6. The minimum atomic E-state index is -4.62. The fraction of sp³-hybridized carbons (Fsp3) is 0.854. The second kappa shape index (κ2) is 34.3. The molecule has 0 radical (unpaired) electrons. The van der Waals surface area contributed by atoms with Crippen molar-refractivity contribution in [2.24, 2.45) is 0 Å². The molecule has 0 aromatic heterocycles. The van der Waals surface area contributed by atoms with Crippen molar-refractivity contribution in [1.82, 2.24) is 0 Å². The fourth-order valence-corrected chi connectivity index (χ4v) is 6.14. The zero-order chi connectivity index (χ0) is 37.9. The third kappa shape index (κ3) is 38.0. The summed E-state index contributed by atoms with van der Waals surface area (Å²) in [6.45, 7) is 4.17. The number of hydrogen-bond donors (Lipinski definition) is 0. The second-order valence-corrected chi connectivity index (χ2v) is 16.4. The van der Waals surface area contributed by atoms with Crippen LogP contribution in [0.4, 0.5) is 0 Å². The number of nitrogens with zero attached hydrogens (tertiary/aromatic N) is 1. The Hall–Kier alpha value is -1.51. The maximum absolute atomic E-state index is 12.6. The summed E-state index contributed by atoms with van der Waals surface area (Å²) in [6.07, 6.45) is 34.9. The minimum absolute atomic E-state index is 0.0337. The highest BCUT2D eigenvalue weighted by molar-refractivity contribution is 7.45. The number of phosphoric ester groups is 1. The Balaban J connectivity index is 4.44. The molecule has 300 valence electrons. The lowest BCUT2D eigenvalue weighted by Gasteiger charge is -2.28. The summed E-state index contributed by atoms with van der Waals surface area (Å²) < 4.78 is 33.8. The minimum Gasteiger partial charge on any atom is -0.756 e. The van der Waals surface area contributed by atoms with Crippen molar-refractivity contribution < 1.29 is 42.1 Å². The van der Waals surface area contributed by atoms with Crippen LogP contribution in [0, 0.1) is 0 Å². The van der Waals surface area contributed by atoms with E-state index in [-0.39, 0.29) is 26.1 Å². The van der Waals surface area contributed by atoms with Crippen molar-refractivity contribution >= 4 is 19.8 Å². The van der Waals surface area contributed by atoms with E-state index in [4.69, 9.17) is 18.5 Å². The summed E-state index contributed by atoms with van der Waals surface area (Å²) in [5.41, 5.74) is 0. The summed E-state index contributed by atoms with van der Waals surface area (Å²) in [5.74, 6) is -0.862. The average molecular weight is 744 g/mol. The van der Waals surface area contributed by atoms with E-state index in [9.17, 15) is 19.0 Å². The highest BCUT2D eigenvalue weighted by atomic mass is 31.2. The molecule has 0 aromatic carbocycles. The average Bonchev–Trinajstić information content (AvgIpc) is 3.07. The Kier molecular flexibility index (Phi) is 33.3. The topological polar surface area (TPSA) is 111 Å². The molecule has 0 bridgehead atoms. The molecule has 0 aliphatic carbocycles. The first-order valence-corrected chi connectivity index (χ1v) is 22.0. The van der Waals surface area contributed by atoms with Gasteiger partial charge in [0, 0.05) is 12.8 Å². The van der Waals surface area contributed by atoms with Gasteiger partial charge < -0.3 is 27.9 Å². The highest BCUT2D eigenvalue weighted by Crippen LogP contribution is 2.38. The Morgan fingerprint density at radius 3 is 1.47 bits per heavy atom. The first-order chi connectivity index (χ1) is 24.5. The van der Waals surface area contributed by atoms with Gasteiger partial charge in [-0.1, -0.05) is 122 Å². The van der Waals surface area contributed by atoms with Gasteiger partial charge in [-0.15, -0.1) is 0 Å². The molecule has 51 heavy (non-hydrogen) atoms. The molecule has 0 spiro atoms. The largest absolute Gasteiger partial charge is 0.756 e. The molecule has 0 saturated heterocycles. The van der Waals surface area contributed by atoms with E-state index < -0.39 is 32.5 Å². The number of ether oxygens (including phenoxy) is 2. The van der Waals surface area contributed by atoms with Gasteiger partial charge in [0.2, 0.25) is 0 Å². The molecule has 0 saturated carbocycles. The number of allylic oxidation sites excluding steroid dienone is 4. The third-order valence-electron chi connectivity index (χ3n) is 8.69. The van der Waals surface area contributed by atoms with Crippen LogP contribution >= 0.6 is 7.82 Å². The molecular weight excluding hydrogens is 665 g/mol. The number of rotatable bonds is 37. The first-order valence-electron chi connectivity index (χ1n) is 20.5. The van der Waals surface area contributed by atoms with E-state index >= 15 is 0 Å². The van der Waals surface area contributed by atoms with Gasteiger partial charge in [-0.25, -0.2) is 0 Å². The van der Waals surface area contributed by atoms with Gasteiger partial charge in [-0.05, 0) is 64.2 Å². The summed E-state index contributed by atoms with van der Waals surface area (Å²) in [7, 11) is 1.15. The lowest BCUT2D eigenvalue weighted by atomic mass is 10.1. The molecule has 0 amide bonds. The van der Waals surface area contributed by atoms with Crippen LogP contribution < -0.4 is 4.89 Å². The predicted octanol–water partition coefficient (Wildman–Crippen LogP) is 10.6. The molecule has 0 fully saturated rings. The molecule has 0 N–H and O–H groups in total. The van der Waals surface area contributed by atoms with Crippen molar-refractivity contribution in [3.05, 3.63) is 24.3 Å². The molecule has 0 aromatic rings. The molecule has 0 aliphatic rings. The molecule has 9 nitrogen and oxygen atoms in total. The Labute approximate surface area is 313 Å². The third-order valence-corrected chi connectivity index (χ3v) is 9.66. The number of carbonyl (C=O) groups is 2. The van der Waals surface area contributed by atoms with Crippen LogP contribution in [0.15, 0.2) is 24.3 Å². The van der Waals surface area contributed by atoms with Gasteiger partial charge in [0.1, 0.15) is 19.8 Å². The summed E-state index contributed by atoms with van der Waals surface area (Å²) in [5, 5.41) is 0. The first kappa shape index (κ1) is 49.5. The summed E-state index contributed by atoms with van der Waals surface area (Å²) in [6, 6.07) is 0. The van der Waals surface area contributed by atoms with Crippen LogP contribution in [0.5, 0.6) is 0 Å². The Morgan fingerprint density at radius 2 is 1.00 bits per heavy atom. The number of quaternary nitrogens is 1. The lowest BCUT2D eigenvalue weighted by molar-refractivity contribution is -0.870. The zero-order valence-electron chi connectivity index (χ0n) is 33.6. The van der Waals surface area contributed by atoms with Crippen LogP contribution in [0.1, 0.15) is 174 Å². The zero-order valence-corrected chi connectivity index (χ0v) is 34.4. The van der Waals surface area contributed by atoms with Gasteiger partial charge in [-0.2, -0.15) is 0 Å². The lowest BCUT2D eigenvalue weighted by Crippen LogP contribution is -2.37. The van der Waals surface area contributed by atoms with Gasteiger partial charge in [-0.3, -0.25) is 14.2 Å². The number of unbranched alkanes of at least 4 members (excludes halogenated alkanes) is 19. The van der Waals surface area contributed by atoms with Crippen molar-refractivity contribution in [3.63, 3.8) is 0 Å². The van der Waals surface area contributed by atoms with Crippen LogP contribution in [0.2, 0.25) is 0 Å². The molecular formula is C41H78NO8P. The van der Waals surface area contributed by atoms with Crippen LogP contribution in [0.25, 0.3) is 0 Å². The van der Waals surface area contributed by atoms with Crippen LogP contribution in [0.3, 0.4) is 0 Å². The predicted molar refractivity (Wildman–Crippen MR) is 208 cm³/mol. The van der Waals surface area contributed by atoms with Crippen LogP contribution in [-0.2, 0) is 32.7 Å².